The van der Waals surface area contributed by atoms with E-state index in [0.29, 0.717) is 16.9 Å². The number of carbonyl (C=O) groups excluding carboxylic acids is 2. The van der Waals surface area contributed by atoms with Crippen LogP contribution in [-0.2, 0) is 10.3 Å². The third-order valence-corrected chi connectivity index (χ3v) is 4.26. The highest BCUT2D eigenvalue weighted by atomic mass is 16.6. The monoisotopic (exact) mass is 368 g/mol. The maximum atomic E-state index is 12.8. The molecule has 0 bridgehead atoms. The lowest BCUT2D eigenvalue weighted by atomic mass is 9.92. The van der Waals surface area contributed by atoms with Gasteiger partial charge in [-0.2, -0.15) is 5.10 Å². The number of rotatable bonds is 5. The van der Waals surface area contributed by atoms with Gasteiger partial charge in [0.15, 0.2) is 0 Å². The van der Waals surface area contributed by atoms with E-state index >= 15 is 0 Å². The van der Waals surface area contributed by atoms with E-state index in [1.54, 1.807) is 31.2 Å². The van der Waals surface area contributed by atoms with Gasteiger partial charge in [0.1, 0.15) is 11.3 Å². The van der Waals surface area contributed by atoms with Crippen molar-refractivity contribution in [3.63, 3.8) is 0 Å². The number of amides is 3. The SMILES string of the molecule is COc1ccc([C@]2(C)NC(=O)N(/N=C\c3ccc([N+](=O)[O-])cc3)C2=O)cc1. The average molecular weight is 368 g/mol. The highest BCUT2D eigenvalue weighted by Gasteiger charge is 2.49. The van der Waals surface area contributed by atoms with Gasteiger partial charge in [-0.05, 0) is 42.3 Å². The normalized spacial score (nSPS) is 19.4. The van der Waals surface area contributed by atoms with E-state index in [1.807, 2.05) is 0 Å². The van der Waals surface area contributed by atoms with Gasteiger partial charge in [-0.1, -0.05) is 12.1 Å². The van der Waals surface area contributed by atoms with Crippen molar-refractivity contribution in [2.45, 2.75) is 12.5 Å². The smallest absolute Gasteiger partial charge is 0.346 e. The summed E-state index contributed by atoms with van der Waals surface area (Å²) in [6.45, 7) is 1.59. The molecule has 138 valence electrons. The van der Waals surface area contributed by atoms with E-state index in [9.17, 15) is 19.7 Å². The number of urea groups is 1. The first-order valence-electron chi connectivity index (χ1n) is 7.95. The van der Waals surface area contributed by atoms with Crippen molar-refractivity contribution in [2.24, 2.45) is 5.10 Å². The third-order valence-electron chi connectivity index (χ3n) is 4.26. The van der Waals surface area contributed by atoms with Crippen LogP contribution in [0, 0.1) is 10.1 Å². The Morgan fingerprint density at radius 1 is 1.15 bits per heavy atom. The summed E-state index contributed by atoms with van der Waals surface area (Å²) in [6.07, 6.45) is 1.29. The van der Waals surface area contributed by atoms with Crippen molar-refractivity contribution in [3.8, 4) is 5.75 Å². The van der Waals surface area contributed by atoms with Gasteiger partial charge in [-0.25, -0.2) is 4.79 Å². The van der Waals surface area contributed by atoms with Gasteiger partial charge >= 0.3 is 6.03 Å². The maximum Gasteiger partial charge on any atom is 0.346 e. The Hall–Kier alpha value is -3.75. The molecule has 2 aromatic rings. The summed E-state index contributed by atoms with van der Waals surface area (Å²) in [4.78, 5) is 35.1. The minimum atomic E-state index is -1.25. The predicted molar refractivity (Wildman–Crippen MR) is 96.4 cm³/mol. The molecule has 2 aromatic carbocycles. The number of nitro benzene ring substituents is 1. The number of nitro groups is 1. The van der Waals surface area contributed by atoms with Gasteiger partial charge in [-0.15, -0.1) is 5.01 Å². The van der Waals surface area contributed by atoms with Crippen LogP contribution in [0.25, 0.3) is 0 Å². The molecule has 9 heteroatoms. The number of non-ortho nitro benzene ring substituents is 1. The fraction of sp³-hybridized carbons (Fsp3) is 0.167. The van der Waals surface area contributed by atoms with Crippen LogP contribution in [0.4, 0.5) is 10.5 Å². The summed E-state index contributed by atoms with van der Waals surface area (Å²) in [7, 11) is 1.54. The van der Waals surface area contributed by atoms with E-state index in [-0.39, 0.29) is 5.69 Å². The van der Waals surface area contributed by atoms with Crippen molar-refractivity contribution in [1.29, 1.82) is 0 Å². The second-order valence-corrected chi connectivity index (χ2v) is 5.99. The molecule has 0 saturated carbocycles. The molecule has 3 amide bonds. The van der Waals surface area contributed by atoms with Crippen molar-refractivity contribution >= 4 is 23.8 Å². The van der Waals surface area contributed by atoms with Crippen molar-refractivity contribution in [1.82, 2.24) is 10.3 Å². The number of imide groups is 1. The number of ether oxygens (including phenoxy) is 1. The molecule has 27 heavy (non-hydrogen) atoms. The first-order valence-corrected chi connectivity index (χ1v) is 7.95. The van der Waals surface area contributed by atoms with Crippen molar-refractivity contribution in [3.05, 3.63) is 69.8 Å². The molecule has 1 N–H and O–H groups in total. The van der Waals surface area contributed by atoms with E-state index in [0.717, 1.165) is 5.01 Å². The van der Waals surface area contributed by atoms with E-state index in [2.05, 4.69) is 10.4 Å². The fourth-order valence-electron chi connectivity index (χ4n) is 2.66. The van der Waals surface area contributed by atoms with Crippen LogP contribution in [0.15, 0.2) is 53.6 Å². The van der Waals surface area contributed by atoms with Gasteiger partial charge in [-0.3, -0.25) is 14.9 Å². The molecule has 1 fully saturated rings. The van der Waals surface area contributed by atoms with Crippen LogP contribution in [0.3, 0.4) is 0 Å². The minimum Gasteiger partial charge on any atom is -0.497 e. The number of hydrogen-bond donors (Lipinski definition) is 1. The Labute approximate surface area is 154 Å². The lowest BCUT2D eigenvalue weighted by Gasteiger charge is -2.21. The molecule has 0 aromatic heterocycles. The molecule has 1 heterocycles. The largest absolute Gasteiger partial charge is 0.497 e. The van der Waals surface area contributed by atoms with Crippen molar-refractivity contribution < 1.29 is 19.2 Å². The Kier molecular flexibility index (Phi) is 4.59. The van der Waals surface area contributed by atoms with E-state index < -0.39 is 22.4 Å². The predicted octanol–water partition coefficient (Wildman–Crippen LogP) is 2.40. The molecule has 1 atom stereocenters. The fourth-order valence-corrected chi connectivity index (χ4v) is 2.66. The number of nitrogens with one attached hydrogen (secondary N) is 1. The molecular formula is C18H16N4O5. The highest BCUT2D eigenvalue weighted by Crippen LogP contribution is 2.30. The van der Waals surface area contributed by atoms with Crippen LogP contribution in [-0.4, -0.2) is 35.2 Å². The maximum absolute atomic E-state index is 12.8. The Morgan fingerprint density at radius 3 is 2.33 bits per heavy atom. The second-order valence-electron chi connectivity index (χ2n) is 5.99. The highest BCUT2D eigenvalue weighted by molar-refractivity contribution is 6.07. The number of hydrazone groups is 1. The van der Waals surface area contributed by atoms with Crippen molar-refractivity contribution in [2.75, 3.05) is 7.11 Å². The number of carbonyl (C=O) groups is 2. The standard InChI is InChI=1S/C18H16N4O5/c1-18(13-5-9-15(27-2)10-6-13)16(23)21(17(24)20-18)19-11-12-3-7-14(8-4-12)22(25)26/h3-11H,1-2H3,(H,20,24)/b19-11-/t18-/m0/s1. The summed E-state index contributed by atoms with van der Waals surface area (Å²) < 4.78 is 5.10. The lowest BCUT2D eigenvalue weighted by Crippen LogP contribution is -2.40. The zero-order chi connectivity index (χ0) is 19.6. The Balaban J connectivity index is 1.81. The molecule has 3 rings (SSSR count). The van der Waals surface area contributed by atoms with Gasteiger partial charge in [0.25, 0.3) is 11.6 Å². The third kappa shape index (κ3) is 3.34. The molecule has 1 aliphatic heterocycles. The first kappa shape index (κ1) is 18.1. The summed E-state index contributed by atoms with van der Waals surface area (Å²) in [5, 5.41) is 18.0. The molecule has 1 saturated heterocycles. The molecule has 0 spiro atoms. The van der Waals surface area contributed by atoms with Crippen LogP contribution >= 0.6 is 0 Å². The van der Waals surface area contributed by atoms with Gasteiger partial charge in [0.2, 0.25) is 0 Å². The zero-order valence-corrected chi connectivity index (χ0v) is 14.6. The molecule has 9 nitrogen and oxygen atoms in total. The van der Waals surface area contributed by atoms with Crippen LogP contribution in [0.5, 0.6) is 5.75 Å². The topological polar surface area (TPSA) is 114 Å². The molecule has 0 aliphatic carbocycles. The number of nitrogens with zero attached hydrogens (tertiary/aromatic N) is 3. The first-order chi connectivity index (χ1) is 12.8. The molecule has 1 aliphatic rings. The summed E-state index contributed by atoms with van der Waals surface area (Å²) in [5.41, 5.74) is -0.209. The van der Waals surface area contributed by atoms with Crippen LogP contribution in [0.2, 0.25) is 0 Å². The summed E-state index contributed by atoms with van der Waals surface area (Å²) in [5.74, 6) is 0.1000. The minimum absolute atomic E-state index is 0.0609. The van der Waals surface area contributed by atoms with Gasteiger partial charge in [0.05, 0.1) is 18.2 Å². The zero-order valence-electron chi connectivity index (χ0n) is 14.6. The van der Waals surface area contributed by atoms with Gasteiger partial charge in [0, 0.05) is 12.1 Å². The summed E-state index contributed by atoms with van der Waals surface area (Å²) in [6, 6.07) is 11.7. The number of benzene rings is 2. The van der Waals surface area contributed by atoms with Crippen LogP contribution in [0.1, 0.15) is 18.1 Å². The summed E-state index contributed by atoms with van der Waals surface area (Å²) >= 11 is 0. The Bertz CT molecular complexity index is 924. The molecular weight excluding hydrogens is 352 g/mol. The van der Waals surface area contributed by atoms with E-state index in [1.165, 1.54) is 37.6 Å². The number of hydrogen-bond acceptors (Lipinski definition) is 6. The number of methoxy groups -OCH3 is 1. The molecule has 0 radical (unpaired) electrons. The van der Waals surface area contributed by atoms with E-state index in [4.69, 9.17) is 4.74 Å². The Morgan fingerprint density at radius 2 is 1.78 bits per heavy atom. The quantitative estimate of drug-likeness (QED) is 0.377. The van der Waals surface area contributed by atoms with Gasteiger partial charge < -0.3 is 10.1 Å². The lowest BCUT2D eigenvalue weighted by molar-refractivity contribution is -0.384. The second kappa shape index (κ2) is 6.87. The van der Waals surface area contributed by atoms with Crippen LogP contribution < -0.4 is 10.1 Å². The average Bonchev–Trinajstić information content (AvgIpc) is 2.90. The molecule has 0 unspecified atom stereocenters.